The Bertz CT molecular complexity index is 1350. The molecule has 4 aromatic rings. The lowest BCUT2D eigenvalue weighted by Gasteiger charge is -2.38. The lowest BCUT2D eigenvalue weighted by Crippen LogP contribution is -2.31. The molecule has 1 atom stereocenters. The molecule has 0 fully saturated rings. The molecule has 1 aliphatic rings. The highest BCUT2D eigenvalue weighted by atomic mass is 35.5. The van der Waals surface area contributed by atoms with E-state index in [1.54, 1.807) is 0 Å². The van der Waals surface area contributed by atoms with Crippen molar-refractivity contribution in [2.75, 3.05) is 0 Å². The molecule has 0 radical (unpaired) electrons. The molecule has 1 heterocycles. The van der Waals surface area contributed by atoms with E-state index in [1.165, 1.54) is 16.0 Å². The standard InChI is InChI=1S/C30H28ClNOS/c1-19-5-13-23(14-6-19)32-26(21-9-11-22(31)12-10-21)17-25-27(33)18-30(3,4)29(28(25)32)34-24-15-7-20(2)8-16-24/h5-17,29H,18H2,1-4H3. The van der Waals surface area contributed by atoms with Crippen molar-refractivity contribution in [2.45, 2.75) is 44.3 Å². The summed E-state index contributed by atoms with van der Waals surface area (Å²) in [5.41, 5.74) is 7.30. The number of aromatic nitrogens is 1. The fourth-order valence-electron chi connectivity index (χ4n) is 4.75. The van der Waals surface area contributed by atoms with Gasteiger partial charge in [-0.1, -0.05) is 73.0 Å². The van der Waals surface area contributed by atoms with Crippen LogP contribution in [0.15, 0.2) is 83.8 Å². The van der Waals surface area contributed by atoms with Crippen LogP contribution in [0.1, 0.15) is 52.7 Å². The van der Waals surface area contributed by atoms with Crippen molar-refractivity contribution >= 4 is 29.1 Å². The Morgan fingerprint density at radius 3 is 2.09 bits per heavy atom. The summed E-state index contributed by atoms with van der Waals surface area (Å²) in [4.78, 5) is 14.7. The molecule has 1 aromatic heterocycles. The number of carbonyl (C=O) groups is 1. The number of nitrogens with zero attached hydrogens (tertiary/aromatic N) is 1. The molecule has 2 nitrogen and oxygen atoms in total. The average Bonchev–Trinajstić information content (AvgIpc) is 3.19. The van der Waals surface area contributed by atoms with Gasteiger partial charge in [0.25, 0.3) is 0 Å². The van der Waals surface area contributed by atoms with Gasteiger partial charge in [0.05, 0.1) is 10.9 Å². The molecule has 4 heteroatoms. The third-order valence-corrected chi connectivity index (χ3v) is 8.51. The van der Waals surface area contributed by atoms with Gasteiger partial charge < -0.3 is 4.57 Å². The second kappa shape index (κ2) is 8.79. The largest absolute Gasteiger partial charge is 0.312 e. The quantitative estimate of drug-likeness (QED) is 0.288. The third kappa shape index (κ3) is 4.23. The minimum atomic E-state index is -0.197. The fourth-order valence-corrected chi connectivity index (χ4v) is 6.19. The van der Waals surface area contributed by atoms with Gasteiger partial charge in [0.15, 0.2) is 5.78 Å². The normalized spacial score (nSPS) is 17.0. The van der Waals surface area contributed by atoms with Crippen molar-refractivity contribution in [1.29, 1.82) is 0 Å². The predicted molar refractivity (Wildman–Crippen MR) is 143 cm³/mol. The van der Waals surface area contributed by atoms with E-state index in [9.17, 15) is 4.79 Å². The first-order chi connectivity index (χ1) is 16.2. The van der Waals surface area contributed by atoms with Crippen molar-refractivity contribution in [3.05, 3.63) is 106 Å². The van der Waals surface area contributed by atoms with Gasteiger partial charge in [0.1, 0.15) is 0 Å². The molecular weight excluding hydrogens is 458 g/mol. The van der Waals surface area contributed by atoms with Gasteiger partial charge in [-0.2, -0.15) is 0 Å². The van der Waals surface area contributed by atoms with Crippen LogP contribution in [0.2, 0.25) is 5.02 Å². The highest BCUT2D eigenvalue weighted by Gasteiger charge is 2.44. The summed E-state index contributed by atoms with van der Waals surface area (Å²) in [5, 5.41) is 0.817. The molecule has 0 amide bonds. The van der Waals surface area contributed by atoms with E-state index in [-0.39, 0.29) is 16.4 Å². The van der Waals surface area contributed by atoms with Crippen LogP contribution in [0, 0.1) is 19.3 Å². The molecule has 0 saturated carbocycles. The van der Waals surface area contributed by atoms with Gasteiger partial charge in [-0.05, 0) is 67.3 Å². The summed E-state index contributed by atoms with van der Waals surface area (Å²) in [6.45, 7) is 8.64. The molecule has 172 valence electrons. The number of hydrogen-bond acceptors (Lipinski definition) is 2. The summed E-state index contributed by atoms with van der Waals surface area (Å²) in [6, 6.07) is 27.2. The van der Waals surface area contributed by atoms with Crippen LogP contribution in [0.3, 0.4) is 0 Å². The number of hydrogen-bond donors (Lipinski definition) is 0. The first-order valence-corrected chi connectivity index (χ1v) is 12.8. The second-order valence-corrected chi connectivity index (χ2v) is 11.5. The lowest BCUT2D eigenvalue weighted by molar-refractivity contribution is 0.0908. The molecule has 5 rings (SSSR count). The summed E-state index contributed by atoms with van der Waals surface area (Å²) >= 11 is 8.05. The van der Waals surface area contributed by atoms with Gasteiger partial charge in [0.2, 0.25) is 0 Å². The van der Waals surface area contributed by atoms with E-state index >= 15 is 0 Å². The van der Waals surface area contributed by atoms with Crippen molar-refractivity contribution in [3.8, 4) is 16.9 Å². The van der Waals surface area contributed by atoms with Gasteiger partial charge in [0, 0.05) is 33.3 Å². The number of carbonyl (C=O) groups excluding carboxylic acids is 1. The first-order valence-electron chi connectivity index (χ1n) is 11.6. The maximum Gasteiger partial charge on any atom is 0.165 e. The van der Waals surface area contributed by atoms with Crippen molar-refractivity contribution in [2.24, 2.45) is 5.41 Å². The Labute approximate surface area is 211 Å². The van der Waals surface area contributed by atoms with Crippen LogP contribution < -0.4 is 0 Å². The number of aryl methyl sites for hydroxylation is 2. The predicted octanol–water partition coefficient (Wildman–Crippen LogP) is 8.86. The summed E-state index contributed by atoms with van der Waals surface area (Å²) < 4.78 is 2.29. The van der Waals surface area contributed by atoms with Crippen molar-refractivity contribution < 1.29 is 4.79 Å². The highest BCUT2D eigenvalue weighted by molar-refractivity contribution is 7.99. The summed E-state index contributed by atoms with van der Waals surface area (Å²) in [7, 11) is 0. The van der Waals surface area contributed by atoms with Gasteiger partial charge >= 0.3 is 0 Å². The maximum absolute atomic E-state index is 13.4. The van der Waals surface area contributed by atoms with E-state index in [0.717, 1.165) is 28.2 Å². The number of Topliss-reactive ketones (excluding diaryl/α,β-unsaturated/α-hetero) is 1. The second-order valence-electron chi connectivity index (χ2n) is 9.91. The van der Waals surface area contributed by atoms with E-state index < -0.39 is 0 Å². The van der Waals surface area contributed by atoms with E-state index in [2.05, 4.69) is 86.9 Å². The van der Waals surface area contributed by atoms with Crippen LogP contribution >= 0.6 is 23.4 Å². The fraction of sp³-hybridized carbons (Fsp3) is 0.233. The highest BCUT2D eigenvalue weighted by Crippen LogP contribution is 2.55. The van der Waals surface area contributed by atoms with Gasteiger partial charge in [-0.25, -0.2) is 0 Å². The maximum atomic E-state index is 13.4. The number of thioether (sulfide) groups is 1. The third-order valence-electron chi connectivity index (χ3n) is 6.62. The molecule has 0 N–H and O–H groups in total. The smallest absolute Gasteiger partial charge is 0.165 e. The number of fused-ring (bicyclic) bond motifs is 1. The Morgan fingerprint density at radius 2 is 1.47 bits per heavy atom. The average molecular weight is 486 g/mol. The summed E-state index contributed by atoms with van der Waals surface area (Å²) in [5.74, 6) is 0.210. The molecule has 1 unspecified atom stereocenters. The minimum absolute atomic E-state index is 0.116. The molecular formula is C30H28ClNOS. The van der Waals surface area contributed by atoms with Crippen LogP contribution in [0.25, 0.3) is 16.9 Å². The number of ketones is 1. The zero-order valence-corrected chi connectivity index (χ0v) is 21.5. The van der Waals surface area contributed by atoms with Crippen molar-refractivity contribution in [3.63, 3.8) is 0 Å². The summed E-state index contributed by atoms with van der Waals surface area (Å²) in [6.07, 6.45) is 0.529. The van der Waals surface area contributed by atoms with E-state index in [4.69, 9.17) is 11.6 Å². The van der Waals surface area contributed by atoms with Crippen molar-refractivity contribution in [1.82, 2.24) is 4.57 Å². The molecule has 34 heavy (non-hydrogen) atoms. The SMILES string of the molecule is Cc1ccc(SC2c3c(cc(-c4ccc(Cl)cc4)n3-c3ccc(C)cc3)C(=O)CC2(C)C)cc1. The Hall–Kier alpha value is -2.75. The van der Waals surface area contributed by atoms with Crippen LogP contribution in [-0.2, 0) is 0 Å². The number of halogens is 1. The Kier molecular flexibility index (Phi) is 5.95. The van der Waals surface area contributed by atoms with Crippen LogP contribution in [-0.4, -0.2) is 10.4 Å². The van der Waals surface area contributed by atoms with E-state index in [0.29, 0.717) is 11.4 Å². The lowest BCUT2D eigenvalue weighted by atomic mass is 9.75. The Balaban J connectivity index is 1.76. The zero-order valence-electron chi connectivity index (χ0n) is 19.9. The molecule has 0 saturated heterocycles. The molecule has 1 aliphatic carbocycles. The van der Waals surface area contributed by atoms with Crippen LogP contribution in [0.5, 0.6) is 0 Å². The van der Waals surface area contributed by atoms with E-state index in [1.807, 2.05) is 36.0 Å². The minimum Gasteiger partial charge on any atom is -0.312 e. The molecule has 0 spiro atoms. The first kappa shape index (κ1) is 23.0. The molecule has 0 aliphatic heterocycles. The van der Waals surface area contributed by atoms with Crippen LogP contribution in [0.4, 0.5) is 0 Å². The Morgan fingerprint density at radius 1 is 0.882 bits per heavy atom. The molecule has 0 bridgehead atoms. The number of rotatable bonds is 4. The zero-order chi connectivity index (χ0) is 24.0. The topological polar surface area (TPSA) is 22.0 Å². The number of benzene rings is 3. The molecule has 3 aromatic carbocycles. The van der Waals surface area contributed by atoms with Gasteiger partial charge in [-0.3, -0.25) is 4.79 Å². The van der Waals surface area contributed by atoms with Gasteiger partial charge in [-0.15, -0.1) is 11.8 Å². The monoisotopic (exact) mass is 485 g/mol.